The van der Waals surface area contributed by atoms with Crippen LogP contribution >= 0.6 is 0 Å². The first kappa shape index (κ1) is 29.5. The highest BCUT2D eigenvalue weighted by Crippen LogP contribution is 2.37. The van der Waals surface area contributed by atoms with Crippen molar-refractivity contribution in [3.05, 3.63) is 11.6 Å². The lowest BCUT2D eigenvalue weighted by atomic mass is 9.77. The molecule has 0 radical (unpaired) electrons. The zero-order valence-corrected chi connectivity index (χ0v) is 23.6. The van der Waals surface area contributed by atoms with Gasteiger partial charge in [0.2, 0.25) is 5.91 Å². The van der Waals surface area contributed by atoms with Gasteiger partial charge in [0.1, 0.15) is 5.60 Å². The number of ether oxygens (including phenoxy) is 1. The molecule has 6 nitrogen and oxygen atoms in total. The predicted octanol–water partition coefficient (Wildman–Crippen LogP) is 5.67. The number of nitrogens with one attached hydrogen (secondary N) is 2. The van der Waals surface area contributed by atoms with Crippen molar-refractivity contribution in [3.63, 3.8) is 0 Å². The largest absolute Gasteiger partial charge is 0.444 e. The molecule has 1 heterocycles. The lowest BCUT2D eigenvalue weighted by Gasteiger charge is -2.54. The molecular formula is C27H51N3O3. The first-order valence-corrected chi connectivity index (χ1v) is 12.4. The van der Waals surface area contributed by atoms with Crippen molar-refractivity contribution >= 4 is 12.0 Å². The Bertz CT molecular complexity index is 711. The van der Waals surface area contributed by atoms with Gasteiger partial charge in [0.15, 0.2) is 0 Å². The topological polar surface area (TPSA) is 70.7 Å². The van der Waals surface area contributed by atoms with E-state index < -0.39 is 17.1 Å². The van der Waals surface area contributed by atoms with E-state index in [1.807, 2.05) is 47.6 Å². The highest BCUT2D eigenvalue weighted by molar-refractivity contribution is 5.84. The highest BCUT2D eigenvalue weighted by atomic mass is 16.6. The van der Waals surface area contributed by atoms with Crippen LogP contribution in [0.1, 0.15) is 102 Å². The van der Waals surface area contributed by atoms with Crippen molar-refractivity contribution in [3.8, 4) is 0 Å². The van der Waals surface area contributed by atoms with E-state index in [0.717, 1.165) is 24.8 Å². The molecule has 2 amide bonds. The van der Waals surface area contributed by atoms with Crippen LogP contribution < -0.4 is 10.6 Å². The standard InChI is InChI=1S/C27H51N3O3/c1-18(2)14-21(29-23(32)33-24(4,5)6)19(3)15-25(7,8)22(31)28-20-16-26(9,10)30(13)27(11,12)17-20/h15,18,20-21H,14,16-17H2,1-13H3,(H,28,31)(H,29,32)/b19-15+/t21-/m1/s1. The fraction of sp³-hybridized carbons (Fsp3) is 0.852. The average Bonchev–Trinajstić information content (AvgIpc) is 2.55. The molecule has 0 aromatic rings. The smallest absolute Gasteiger partial charge is 0.408 e. The maximum atomic E-state index is 13.3. The number of rotatable bonds is 7. The summed E-state index contributed by atoms with van der Waals surface area (Å²) in [6.45, 7) is 24.6. The summed E-state index contributed by atoms with van der Waals surface area (Å²) < 4.78 is 5.47. The Morgan fingerprint density at radius 1 is 1.06 bits per heavy atom. The zero-order chi connectivity index (χ0) is 26.0. The fourth-order valence-corrected chi connectivity index (χ4v) is 4.86. The summed E-state index contributed by atoms with van der Waals surface area (Å²) in [5, 5.41) is 6.33. The van der Waals surface area contributed by atoms with Crippen molar-refractivity contribution in [2.75, 3.05) is 7.05 Å². The molecular weight excluding hydrogens is 414 g/mol. The summed E-state index contributed by atoms with van der Waals surface area (Å²) in [6.07, 6.45) is 4.16. The number of nitrogens with zero attached hydrogens (tertiary/aromatic N) is 1. The summed E-state index contributed by atoms with van der Waals surface area (Å²) in [6, 6.07) is -0.0637. The molecule has 0 aromatic carbocycles. The van der Waals surface area contributed by atoms with Crippen LogP contribution in [0.4, 0.5) is 4.79 Å². The first-order chi connectivity index (χ1) is 14.7. The maximum absolute atomic E-state index is 13.3. The number of alkyl carbamates (subject to hydrolysis) is 1. The molecule has 1 saturated heterocycles. The van der Waals surface area contributed by atoms with E-state index in [4.69, 9.17) is 4.74 Å². The SMILES string of the molecule is C/C(=C\C(C)(C)C(=O)NC1CC(C)(C)N(C)C(C)(C)C1)[C@@H](CC(C)C)NC(=O)OC(C)(C)C. The van der Waals surface area contributed by atoms with Gasteiger partial charge in [0, 0.05) is 17.1 Å². The lowest BCUT2D eigenvalue weighted by molar-refractivity contribution is -0.129. The van der Waals surface area contributed by atoms with Gasteiger partial charge in [-0.3, -0.25) is 9.69 Å². The van der Waals surface area contributed by atoms with Gasteiger partial charge in [-0.15, -0.1) is 0 Å². The van der Waals surface area contributed by atoms with E-state index >= 15 is 0 Å². The minimum Gasteiger partial charge on any atom is -0.444 e. The molecule has 1 aliphatic heterocycles. The number of likely N-dealkylation sites (tertiary alicyclic amines) is 1. The van der Waals surface area contributed by atoms with Gasteiger partial charge in [-0.05, 0) is 101 Å². The van der Waals surface area contributed by atoms with Crippen LogP contribution in [-0.4, -0.2) is 52.7 Å². The number of piperidine rings is 1. The van der Waals surface area contributed by atoms with E-state index in [-0.39, 0.29) is 29.1 Å². The molecule has 33 heavy (non-hydrogen) atoms. The number of hydrogen-bond donors (Lipinski definition) is 2. The van der Waals surface area contributed by atoms with Crippen LogP contribution in [0.5, 0.6) is 0 Å². The van der Waals surface area contributed by atoms with E-state index in [1.165, 1.54) is 0 Å². The van der Waals surface area contributed by atoms with Crippen LogP contribution in [0, 0.1) is 11.3 Å². The Balaban J connectivity index is 3.00. The second-order valence-electron chi connectivity index (χ2n) is 13.2. The van der Waals surface area contributed by atoms with E-state index in [9.17, 15) is 9.59 Å². The molecule has 0 spiro atoms. The molecule has 6 heteroatoms. The van der Waals surface area contributed by atoms with Crippen molar-refractivity contribution in [2.45, 2.75) is 131 Å². The Kier molecular flexibility index (Phi) is 9.26. The molecule has 1 rings (SSSR count). The molecule has 0 aliphatic carbocycles. The minimum absolute atomic E-state index is 0.00922. The Hall–Kier alpha value is -1.56. The Morgan fingerprint density at radius 3 is 1.97 bits per heavy atom. The Labute approximate surface area is 203 Å². The van der Waals surface area contributed by atoms with E-state index in [0.29, 0.717) is 5.92 Å². The molecule has 1 aliphatic rings. The molecule has 0 saturated carbocycles. The monoisotopic (exact) mass is 465 g/mol. The van der Waals surface area contributed by atoms with Gasteiger partial charge in [0.05, 0.1) is 11.5 Å². The summed E-state index contributed by atoms with van der Waals surface area (Å²) in [5.74, 6) is 0.400. The van der Waals surface area contributed by atoms with Crippen LogP contribution in [0.15, 0.2) is 11.6 Å². The third-order valence-corrected chi connectivity index (χ3v) is 6.76. The third kappa shape index (κ3) is 8.95. The highest BCUT2D eigenvalue weighted by Gasteiger charge is 2.44. The van der Waals surface area contributed by atoms with Crippen molar-refractivity contribution < 1.29 is 14.3 Å². The lowest BCUT2D eigenvalue weighted by Crippen LogP contribution is -2.63. The van der Waals surface area contributed by atoms with E-state index in [2.05, 4.69) is 64.1 Å². The Morgan fingerprint density at radius 2 is 1.55 bits per heavy atom. The van der Waals surface area contributed by atoms with Crippen molar-refractivity contribution in [1.82, 2.24) is 15.5 Å². The molecule has 1 atom stereocenters. The number of carbonyl (C=O) groups excluding carboxylic acids is 2. The van der Waals surface area contributed by atoms with Crippen LogP contribution in [0.2, 0.25) is 0 Å². The fourth-order valence-electron chi connectivity index (χ4n) is 4.86. The summed E-state index contributed by atoms with van der Waals surface area (Å²) in [7, 11) is 2.17. The summed E-state index contributed by atoms with van der Waals surface area (Å²) in [4.78, 5) is 28.2. The zero-order valence-electron chi connectivity index (χ0n) is 23.6. The van der Waals surface area contributed by atoms with Crippen LogP contribution in [-0.2, 0) is 9.53 Å². The number of amides is 2. The maximum Gasteiger partial charge on any atom is 0.408 e. The van der Waals surface area contributed by atoms with Crippen LogP contribution in [0.3, 0.4) is 0 Å². The second-order valence-corrected chi connectivity index (χ2v) is 13.2. The summed E-state index contributed by atoms with van der Waals surface area (Å²) >= 11 is 0. The first-order valence-electron chi connectivity index (χ1n) is 12.4. The van der Waals surface area contributed by atoms with Crippen LogP contribution in [0.25, 0.3) is 0 Å². The second kappa shape index (κ2) is 10.4. The molecule has 0 bridgehead atoms. The quantitative estimate of drug-likeness (QED) is 0.476. The van der Waals surface area contributed by atoms with Gasteiger partial charge in [0.25, 0.3) is 0 Å². The number of carbonyl (C=O) groups is 2. The van der Waals surface area contributed by atoms with E-state index in [1.54, 1.807) is 0 Å². The van der Waals surface area contributed by atoms with Crippen molar-refractivity contribution in [1.29, 1.82) is 0 Å². The third-order valence-electron chi connectivity index (χ3n) is 6.76. The number of hydrogen-bond acceptors (Lipinski definition) is 4. The van der Waals surface area contributed by atoms with Gasteiger partial charge in [-0.1, -0.05) is 25.5 Å². The minimum atomic E-state index is -0.702. The molecule has 2 N–H and O–H groups in total. The van der Waals surface area contributed by atoms with Gasteiger partial charge < -0.3 is 15.4 Å². The van der Waals surface area contributed by atoms with Gasteiger partial charge in [-0.25, -0.2) is 4.79 Å². The molecule has 1 fully saturated rings. The van der Waals surface area contributed by atoms with Gasteiger partial charge >= 0.3 is 6.09 Å². The molecule has 0 aromatic heterocycles. The molecule has 0 unspecified atom stereocenters. The average molecular weight is 466 g/mol. The van der Waals surface area contributed by atoms with Crippen molar-refractivity contribution in [2.24, 2.45) is 11.3 Å². The molecule has 192 valence electrons. The summed E-state index contributed by atoms with van der Waals surface area (Å²) in [5.41, 5.74) is -0.269. The van der Waals surface area contributed by atoms with Gasteiger partial charge in [-0.2, -0.15) is 0 Å². The predicted molar refractivity (Wildman–Crippen MR) is 137 cm³/mol. The normalized spacial score (nSPS) is 21.0.